The minimum absolute atomic E-state index is 0.0572. The largest absolute Gasteiger partial charge is 0.467 e. The number of nitrogens with one attached hydrogen (secondary N) is 1. The maximum Gasteiger partial charge on any atom is 0.221 e. The molecular formula is C12H17NO2S. The van der Waals surface area contributed by atoms with Crippen molar-refractivity contribution in [1.82, 2.24) is 5.32 Å². The molecule has 1 aromatic rings. The molecule has 1 atom stereocenters. The van der Waals surface area contributed by atoms with Crippen molar-refractivity contribution in [1.29, 1.82) is 0 Å². The molecule has 1 aliphatic rings. The van der Waals surface area contributed by atoms with E-state index in [2.05, 4.69) is 17.9 Å². The predicted octanol–water partition coefficient (Wildman–Crippen LogP) is 2.56. The van der Waals surface area contributed by atoms with Gasteiger partial charge in [-0.2, -0.15) is 12.6 Å². The fourth-order valence-corrected chi connectivity index (χ4v) is 2.24. The Labute approximate surface area is 101 Å². The van der Waals surface area contributed by atoms with Gasteiger partial charge in [0.15, 0.2) is 0 Å². The van der Waals surface area contributed by atoms with Crippen LogP contribution in [0.1, 0.15) is 38.0 Å². The van der Waals surface area contributed by atoms with Crippen molar-refractivity contribution in [3.63, 3.8) is 0 Å². The topological polar surface area (TPSA) is 42.2 Å². The SMILES string of the molecule is CC(NC(=O)CC1(CS)CC1)c1ccco1. The van der Waals surface area contributed by atoms with Crippen LogP contribution in [0.4, 0.5) is 0 Å². The van der Waals surface area contributed by atoms with Gasteiger partial charge in [0.25, 0.3) is 0 Å². The van der Waals surface area contributed by atoms with Gasteiger partial charge in [0.05, 0.1) is 12.3 Å². The van der Waals surface area contributed by atoms with Crippen LogP contribution < -0.4 is 5.32 Å². The van der Waals surface area contributed by atoms with Crippen LogP contribution in [0, 0.1) is 5.41 Å². The highest BCUT2D eigenvalue weighted by Gasteiger charge is 2.43. The van der Waals surface area contributed by atoms with Crippen molar-refractivity contribution < 1.29 is 9.21 Å². The first-order valence-corrected chi connectivity index (χ1v) is 6.22. The summed E-state index contributed by atoms with van der Waals surface area (Å²) in [6, 6.07) is 3.64. The number of furan rings is 1. The average molecular weight is 239 g/mol. The molecule has 1 saturated carbocycles. The molecule has 0 aliphatic heterocycles. The molecule has 2 rings (SSSR count). The molecule has 0 saturated heterocycles. The Morgan fingerprint density at radius 2 is 2.44 bits per heavy atom. The van der Waals surface area contributed by atoms with Crippen LogP contribution in [0.15, 0.2) is 22.8 Å². The monoisotopic (exact) mass is 239 g/mol. The third-order valence-corrected chi connectivity index (χ3v) is 3.85. The van der Waals surface area contributed by atoms with Crippen molar-refractivity contribution in [2.24, 2.45) is 5.41 Å². The van der Waals surface area contributed by atoms with Crippen LogP contribution in [-0.2, 0) is 4.79 Å². The highest BCUT2D eigenvalue weighted by atomic mass is 32.1. The van der Waals surface area contributed by atoms with Crippen molar-refractivity contribution in [2.75, 3.05) is 5.75 Å². The molecule has 0 spiro atoms. The number of hydrogen-bond donors (Lipinski definition) is 2. The summed E-state index contributed by atoms with van der Waals surface area (Å²) in [4.78, 5) is 11.8. The summed E-state index contributed by atoms with van der Waals surface area (Å²) in [5, 5.41) is 2.95. The van der Waals surface area contributed by atoms with Crippen LogP contribution in [0.5, 0.6) is 0 Å². The van der Waals surface area contributed by atoms with E-state index in [1.54, 1.807) is 6.26 Å². The Morgan fingerprint density at radius 1 is 1.69 bits per heavy atom. The molecule has 1 unspecified atom stereocenters. The molecule has 1 N–H and O–H groups in total. The van der Waals surface area contributed by atoms with Crippen molar-refractivity contribution in [3.05, 3.63) is 24.2 Å². The molecule has 4 heteroatoms. The number of carbonyl (C=O) groups excluding carboxylic acids is 1. The van der Waals surface area contributed by atoms with E-state index in [1.807, 2.05) is 19.1 Å². The molecule has 88 valence electrons. The molecule has 1 amide bonds. The minimum Gasteiger partial charge on any atom is -0.467 e. The van der Waals surface area contributed by atoms with Gasteiger partial charge in [0.2, 0.25) is 5.91 Å². The minimum atomic E-state index is -0.0572. The van der Waals surface area contributed by atoms with Crippen molar-refractivity contribution in [3.8, 4) is 0 Å². The zero-order valence-corrected chi connectivity index (χ0v) is 10.3. The first-order valence-electron chi connectivity index (χ1n) is 5.59. The summed E-state index contributed by atoms with van der Waals surface area (Å²) in [5.74, 6) is 1.69. The van der Waals surface area contributed by atoms with Gasteiger partial charge in [-0.3, -0.25) is 4.79 Å². The Morgan fingerprint density at radius 3 is 2.94 bits per heavy atom. The van der Waals surface area contributed by atoms with Crippen LogP contribution in [0.3, 0.4) is 0 Å². The molecule has 1 aromatic heterocycles. The van der Waals surface area contributed by atoms with E-state index in [4.69, 9.17) is 4.42 Å². The summed E-state index contributed by atoms with van der Waals surface area (Å²) in [5.41, 5.74) is 0.177. The van der Waals surface area contributed by atoms with Crippen LogP contribution >= 0.6 is 12.6 Å². The third kappa shape index (κ3) is 2.61. The summed E-state index contributed by atoms with van der Waals surface area (Å²) < 4.78 is 5.24. The van der Waals surface area contributed by atoms with Gasteiger partial charge in [-0.1, -0.05) is 0 Å². The molecule has 1 aliphatic carbocycles. The standard InChI is InChI=1S/C12H17NO2S/c1-9(10-3-2-6-15-10)13-11(14)7-12(8-16)4-5-12/h2-3,6,9,16H,4-5,7-8H2,1H3,(H,13,14). The van der Waals surface area contributed by atoms with Gasteiger partial charge in [0.1, 0.15) is 5.76 Å². The van der Waals surface area contributed by atoms with E-state index in [-0.39, 0.29) is 17.4 Å². The first-order chi connectivity index (χ1) is 7.65. The fraction of sp³-hybridized carbons (Fsp3) is 0.583. The highest BCUT2D eigenvalue weighted by Crippen LogP contribution is 2.49. The Kier molecular flexibility index (Phi) is 3.28. The molecule has 0 radical (unpaired) electrons. The van der Waals surface area contributed by atoms with E-state index in [1.165, 1.54) is 0 Å². The quantitative estimate of drug-likeness (QED) is 0.775. The third-order valence-electron chi connectivity index (χ3n) is 3.18. The second kappa shape index (κ2) is 4.53. The number of thiol groups is 1. The lowest BCUT2D eigenvalue weighted by molar-refractivity contribution is -0.122. The Bertz CT molecular complexity index is 357. The van der Waals surface area contributed by atoms with E-state index in [0.29, 0.717) is 6.42 Å². The number of carbonyl (C=O) groups is 1. The summed E-state index contributed by atoms with van der Waals surface area (Å²) >= 11 is 4.29. The van der Waals surface area contributed by atoms with Gasteiger partial charge in [-0.25, -0.2) is 0 Å². The molecule has 1 heterocycles. The molecule has 16 heavy (non-hydrogen) atoms. The number of amides is 1. The van der Waals surface area contributed by atoms with E-state index in [0.717, 1.165) is 24.4 Å². The predicted molar refractivity (Wildman–Crippen MR) is 65.4 cm³/mol. The van der Waals surface area contributed by atoms with Crippen molar-refractivity contribution >= 4 is 18.5 Å². The highest BCUT2D eigenvalue weighted by molar-refractivity contribution is 7.80. The fourth-order valence-electron chi connectivity index (χ4n) is 1.81. The second-order valence-corrected chi connectivity index (χ2v) is 4.96. The van der Waals surface area contributed by atoms with E-state index < -0.39 is 0 Å². The summed E-state index contributed by atoms with van der Waals surface area (Å²) in [7, 11) is 0. The van der Waals surface area contributed by atoms with Crippen LogP contribution in [0.2, 0.25) is 0 Å². The van der Waals surface area contributed by atoms with Crippen LogP contribution in [0.25, 0.3) is 0 Å². The van der Waals surface area contributed by atoms with Gasteiger partial charge < -0.3 is 9.73 Å². The number of hydrogen-bond acceptors (Lipinski definition) is 3. The normalized spacial score (nSPS) is 19.1. The van der Waals surface area contributed by atoms with E-state index in [9.17, 15) is 4.79 Å². The average Bonchev–Trinajstić information content (AvgIpc) is 2.82. The lowest BCUT2D eigenvalue weighted by Gasteiger charge is -2.15. The lowest BCUT2D eigenvalue weighted by Crippen LogP contribution is -2.29. The smallest absolute Gasteiger partial charge is 0.221 e. The maximum atomic E-state index is 11.8. The molecular weight excluding hydrogens is 222 g/mol. The first kappa shape index (κ1) is 11.6. The molecule has 3 nitrogen and oxygen atoms in total. The van der Waals surface area contributed by atoms with Gasteiger partial charge in [0, 0.05) is 6.42 Å². The molecule has 0 aromatic carbocycles. The second-order valence-electron chi connectivity index (χ2n) is 4.64. The zero-order chi connectivity index (χ0) is 11.6. The van der Waals surface area contributed by atoms with Gasteiger partial charge >= 0.3 is 0 Å². The summed E-state index contributed by atoms with van der Waals surface area (Å²) in [6.07, 6.45) is 4.45. The lowest BCUT2D eigenvalue weighted by atomic mass is 10.0. The van der Waals surface area contributed by atoms with Crippen molar-refractivity contribution in [2.45, 2.75) is 32.2 Å². The Balaban J connectivity index is 1.83. The maximum absolute atomic E-state index is 11.8. The molecule has 0 bridgehead atoms. The number of rotatable bonds is 5. The van der Waals surface area contributed by atoms with Crippen LogP contribution in [-0.4, -0.2) is 11.7 Å². The molecule has 1 fully saturated rings. The van der Waals surface area contributed by atoms with Gasteiger partial charge in [-0.05, 0) is 43.1 Å². The Hall–Kier alpha value is -0.900. The zero-order valence-electron chi connectivity index (χ0n) is 9.40. The summed E-state index contributed by atoms with van der Waals surface area (Å²) in [6.45, 7) is 1.93. The van der Waals surface area contributed by atoms with Gasteiger partial charge in [-0.15, -0.1) is 0 Å². The van der Waals surface area contributed by atoms with E-state index >= 15 is 0 Å².